The van der Waals surface area contributed by atoms with Crippen molar-refractivity contribution in [1.29, 1.82) is 0 Å². The summed E-state index contributed by atoms with van der Waals surface area (Å²) in [5, 5.41) is 0.890. The van der Waals surface area contributed by atoms with E-state index in [0.717, 1.165) is 30.0 Å². The Hall–Kier alpha value is -1.72. The zero-order valence-corrected chi connectivity index (χ0v) is 12.8. The van der Waals surface area contributed by atoms with E-state index in [1.807, 2.05) is 35.2 Å². The molecule has 1 fully saturated rings. The molecule has 3 rings (SSSR count). The highest BCUT2D eigenvalue weighted by atomic mass is 32.1. The van der Waals surface area contributed by atoms with Gasteiger partial charge in [0.05, 0.1) is 18.8 Å². The molecule has 1 saturated heterocycles. The molecule has 0 aliphatic carbocycles. The van der Waals surface area contributed by atoms with Crippen LogP contribution in [-0.4, -0.2) is 42.1 Å². The fraction of sp³-hybridized carbons (Fsp3) is 0.375. The lowest BCUT2D eigenvalue weighted by Crippen LogP contribution is -2.37. The summed E-state index contributed by atoms with van der Waals surface area (Å²) in [4.78, 5) is 19.6. The summed E-state index contributed by atoms with van der Waals surface area (Å²) in [7, 11) is 1.68. The van der Waals surface area contributed by atoms with Crippen LogP contribution in [0, 0.1) is 0 Å². The van der Waals surface area contributed by atoms with E-state index in [1.165, 1.54) is 11.3 Å². The van der Waals surface area contributed by atoms with Gasteiger partial charge in [-0.15, -0.1) is 11.3 Å². The Bertz CT molecular complexity index is 612. The molecule has 1 atom stereocenters. The molecule has 2 heterocycles. The van der Waals surface area contributed by atoms with Gasteiger partial charge in [-0.05, 0) is 12.8 Å². The van der Waals surface area contributed by atoms with Gasteiger partial charge in [0.25, 0.3) is 5.91 Å². The minimum atomic E-state index is 0.0780. The molecule has 0 N–H and O–H groups in total. The number of methoxy groups -OCH3 is 1. The molecule has 1 aliphatic rings. The van der Waals surface area contributed by atoms with Crippen LogP contribution in [0.15, 0.2) is 36.5 Å². The third-order valence-corrected chi connectivity index (χ3v) is 4.77. The number of rotatable bonds is 4. The van der Waals surface area contributed by atoms with E-state index in [2.05, 4.69) is 4.98 Å². The third-order valence-electron chi connectivity index (χ3n) is 3.73. The van der Waals surface area contributed by atoms with Gasteiger partial charge in [-0.2, -0.15) is 0 Å². The summed E-state index contributed by atoms with van der Waals surface area (Å²) in [6.45, 7) is 1.42. The number of thiazole rings is 1. The molecular weight excluding hydrogens is 284 g/mol. The highest BCUT2D eigenvalue weighted by molar-refractivity contribution is 7.16. The van der Waals surface area contributed by atoms with Crippen molar-refractivity contribution in [2.75, 3.05) is 20.3 Å². The molecule has 21 heavy (non-hydrogen) atoms. The maximum absolute atomic E-state index is 12.6. The van der Waals surface area contributed by atoms with Crippen molar-refractivity contribution >= 4 is 17.2 Å². The summed E-state index contributed by atoms with van der Waals surface area (Å²) in [6, 6.07) is 10.2. The van der Waals surface area contributed by atoms with E-state index in [4.69, 9.17) is 4.74 Å². The van der Waals surface area contributed by atoms with Gasteiger partial charge < -0.3 is 9.64 Å². The number of benzene rings is 1. The first kappa shape index (κ1) is 14.2. The Balaban J connectivity index is 1.78. The van der Waals surface area contributed by atoms with Crippen molar-refractivity contribution in [2.24, 2.45) is 0 Å². The topological polar surface area (TPSA) is 42.4 Å². The van der Waals surface area contributed by atoms with Crippen LogP contribution in [0.2, 0.25) is 0 Å². The van der Waals surface area contributed by atoms with E-state index < -0.39 is 0 Å². The van der Waals surface area contributed by atoms with Crippen molar-refractivity contribution in [3.63, 3.8) is 0 Å². The van der Waals surface area contributed by atoms with Crippen LogP contribution in [-0.2, 0) is 4.74 Å². The predicted molar refractivity (Wildman–Crippen MR) is 83.5 cm³/mol. The fourth-order valence-electron chi connectivity index (χ4n) is 2.70. The molecular formula is C16H18N2O2S. The number of carbonyl (C=O) groups excluding carboxylic acids is 1. The van der Waals surface area contributed by atoms with Crippen molar-refractivity contribution in [2.45, 2.75) is 18.9 Å². The smallest absolute Gasteiger partial charge is 0.265 e. The lowest BCUT2D eigenvalue weighted by molar-refractivity contribution is 0.0635. The van der Waals surface area contributed by atoms with Gasteiger partial charge in [0.2, 0.25) is 0 Å². The van der Waals surface area contributed by atoms with Gasteiger partial charge >= 0.3 is 0 Å². The monoisotopic (exact) mass is 302 g/mol. The minimum absolute atomic E-state index is 0.0780. The largest absolute Gasteiger partial charge is 0.383 e. The lowest BCUT2D eigenvalue weighted by atomic mass is 10.2. The van der Waals surface area contributed by atoms with Gasteiger partial charge in [0, 0.05) is 19.2 Å². The molecule has 0 saturated carbocycles. The van der Waals surface area contributed by atoms with Crippen molar-refractivity contribution in [3.8, 4) is 10.6 Å². The van der Waals surface area contributed by atoms with Crippen LogP contribution >= 0.6 is 11.3 Å². The second-order valence-corrected chi connectivity index (χ2v) is 6.18. The SMILES string of the molecule is COC[C@H]1CCCN1C(=O)c1cnc(-c2ccccc2)s1. The number of amides is 1. The maximum Gasteiger partial charge on any atom is 0.265 e. The van der Waals surface area contributed by atoms with Gasteiger partial charge in [0.1, 0.15) is 9.88 Å². The van der Waals surface area contributed by atoms with E-state index >= 15 is 0 Å². The molecule has 5 heteroatoms. The van der Waals surface area contributed by atoms with Crippen LogP contribution < -0.4 is 0 Å². The number of likely N-dealkylation sites (tertiary alicyclic amines) is 1. The summed E-state index contributed by atoms with van der Waals surface area (Å²) < 4.78 is 5.21. The third kappa shape index (κ3) is 2.99. The first-order valence-electron chi connectivity index (χ1n) is 7.10. The van der Waals surface area contributed by atoms with E-state index in [9.17, 15) is 4.79 Å². The Labute approximate surface area is 128 Å². The highest BCUT2D eigenvalue weighted by Gasteiger charge is 2.30. The minimum Gasteiger partial charge on any atom is -0.383 e. The van der Waals surface area contributed by atoms with Gasteiger partial charge in [-0.25, -0.2) is 4.98 Å². The molecule has 1 aliphatic heterocycles. The summed E-state index contributed by atoms with van der Waals surface area (Å²) >= 11 is 1.46. The number of ether oxygens (including phenoxy) is 1. The molecule has 110 valence electrons. The predicted octanol–water partition coefficient (Wildman–Crippen LogP) is 3.06. The highest BCUT2D eigenvalue weighted by Crippen LogP contribution is 2.28. The Morgan fingerprint density at radius 1 is 1.43 bits per heavy atom. The first-order chi connectivity index (χ1) is 10.3. The molecule has 0 bridgehead atoms. The standard InChI is InChI=1S/C16H18N2O2S/c1-20-11-13-8-5-9-18(13)16(19)14-10-17-15(21-14)12-6-3-2-4-7-12/h2-4,6-7,10,13H,5,8-9,11H2,1H3/t13-/m1/s1. The Morgan fingerprint density at radius 3 is 3.00 bits per heavy atom. The lowest BCUT2D eigenvalue weighted by Gasteiger charge is -2.23. The van der Waals surface area contributed by atoms with Crippen LogP contribution in [0.1, 0.15) is 22.5 Å². The fourth-order valence-corrected chi connectivity index (χ4v) is 3.58. The van der Waals surface area contributed by atoms with Crippen LogP contribution in [0.5, 0.6) is 0 Å². The second-order valence-electron chi connectivity index (χ2n) is 5.15. The molecule has 0 spiro atoms. The van der Waals surface area contributed by atoms with Crippen LogP contribution in [0.25, 0.3) is 10.6 Å². The maximum atomic E-state index is 12.6. The number of aromatic nitrogens is 1. The number of nitrogens with zero attached hydrogens (tertiary/aromatic N) is 2. The van der Waals surface area contributed by atoms with Crippen LogP contribution in [0.4, 0.5) is 0 Å². The quantitative estimate of drug-likeness (QED) is 0.871. The van der Waals surface area contributed by atoms with E-state index in [0.29, 0.717) is 11.5 Å². The Kier molecular flexibility index (Phi) is 4.31. The Morgan fingerprint density at radius 2 is 2.24 bits per heavy atom. The molecule has 4 nitrogen and oxygen atoms in total. The number of carbonyl (C=O) groups is 1. The van der Waals surface area contributed by atoms with E-state index in [1.54, 1.807) is 13.3 Å². The molecule has 1 aromatic carbocycles. The number of hydrogen-bond donors (Lipinski definition) is 0. The summed E-state index contributed by atoms with van der Waals surface area (Å²) in [6.07, 6.45) is 3.76. The summed E-state index contributed by atoms with van der Waals surface area (Å²) in [5.74, 6) is 0.0780. The molecule has 1 amide bonds. The van der Waals surface area contributed by atoms with Crippen molar-refractivity contribution in [1.82, 2.24) is 9.88 Å². The zero-order chi connectivity index (χ0) is 14.7. The van der Waals surface area contributed by atoms with Gasteiger partial charge in [-0.1, -0.05) is 30.3 Å². The van der Waals surface area contributed by atoms with Gasteiger partial charge in [0.15, 0.2) is 0 Å². The van der Waals surface area contributed by atoms with Crippen molar-refractivity contribution in [3.05, 3.63) is 41.4 Å². The zero-order valence-electron chi connectivity index (χ0n) is 12.0. The normalized spacial score (nSPS) is 18.1. The molecule has 0 radical (unpaired) electrons. The first-order valence-corrected chi connectivity index (χ1v) is 7.92. The van der Waals surface area contributed by atoms with Crippen molar-refractivity contribution < 1.29 is 9.53 Å². The summed E-state index contributed by atoms with van der Waals surface area (Å²) in [5.41, 5.74) is 1.05. The molecule has 2 aromatic rings. The second kappa shape index (κ2) is 6.37. The van der Waals surface area contributed by atoms with Gasteiger partial charge in [-0.3, -0.25) is 4.79 Å². The average Bonchev–Trinajstić information content (AvgIpc) is 3.17. The average molecular weight is 302 g/mol. The molecule has 1 aromatic heterocycles. The molecule has 0 unspecified atom stereocenters. The van der Waals surface area contributed by atoms with Crippen LogP contribution in [0.3, 0.4) is 0 Å². The number of hydrogen-bond acceptors (Lipinski definition) is 4. The van der Waals surface area contributed by atoms with E-state index in [-0.39, 0.29) is 11.9 Å².